The summed E-state index contributed by atoms with van der Waals surface area (Å²) < 4.78 is 1.16. The maximum Gasteiger partial charge on any atom is 0.0439 e. The van der Waals surface area contributed by atoms with Gasteiger partial charge in [0.25, 0.3) is 0 Å². The van der Waals surface area contributed by atoms with Gasteiger partial charge in [-0.3, -0.25) is 0 Å². The quantitative estimate of drug-likeness (QED) is 0.888. The van der Waals surface area contributed by atoms with E-state index in [0.29, 0.717) is 0 Å². The molecule has 1 N–H and O–H groups in total. The second-order valence-electron chi connectivity index (χ2n) is 4.77. The molecular formula is C13H19BrO. The second kappa shape index (κ2) is 4.67. The van der Waals surface area contributed by atoms with Crippen molar-refractivity contribution in [2.24, 2.45) is 0 Å². The molecule has 1 rings (SSSR count). The van der Waals surface area contributed by atoms with Gasteiger partial charge in [0.2, 0.25) is 0 Å². The van der Waals surface area contributed by atoms with Gasteiger partial charge in [0, 0.05) is 11.1 Å². The molecule has 0 unspecified atom stereocenters. The van der Waals surface area contributed by atoms with Crippen molar-refractivity contribution >= 4 is 15.9 Å². The third kappa shape index (κ3) is 2.82. The molecule has 0 saturated heterocycles. The van der Waals surface area contributed by atoms with Gasteiger partial charge in [-0.05, 0) is 48.4 Å². The molecule has 0 heterocycles. The van der Waals surface area contributed by atoms with E-state index in [-0.39, 0.29) is 12.0 Å². The van der Waals surface area contributed by atoms with Gasteiger partial charge in [0.05, 0.1) is 0 Å². The minimum absolute atomic E-state index is 0.0459. The lowest BCUT2D eigenvalue weighted by Crippen LogP contribution is -2.20. The van der Waals surface area contributed by atoms with Gasteiger partial charge in [-0.25, -0.2) is 0 Å². The van der Waals surface area contributed by atoms with Crippen molar-refractivity contribution in [1.82, 2.24) is 0 Å². The maximum atomic E-state index is 9.07. The number of hydrogen-bond acceptors (Lipinski definition) is 1. The number of aliphatic hydroxyl groups excluding tert-OH is 1. The first-order valence-electron chi connectivity index (χ1n) is 5.26. The normalized spacial score (nSPS) is 11.9. The second-order valence-corrected chi connectivity index (χ2v) is 5.63. The largest absolute Gasteiger partial charge is 0.396 e. The van der Waals surface area contributed by atoms with Crippen LogP contribution in [-0.2, 0) is 5.41 Å². The molecule has 1 nitrogen and oxygen atoms in total. The van der Waals surface area contributed by atoms with Gasteiger partial charge in [-0.1, -0.05) is 35.8 Å². The van der Waals surface area contributed by atoms with E-state index in [4.69, 9.17) is 5.11 Å². The molecule has 0 spiro atoms. The number of aryl methyl sites for hydroxylation is 2. The van der Waals surface area contributed by atoms with Crippen molar-refractivity contribution in [3.63, 3.8) is 0 Å². The van der Waals surface area contributed by atoms with Crippen LogP contribution in [0.25, 0.3) is 0 Å². The highest BCUT2D eigenvalue weighted by atomic mass is 79.9. The highest BCUT2D eigenvalue weighted by Crippen LogP contribution is 2.32. The Morgan fingerprint density at radius 3 is 2.33 bits per heavy atom. The van der Waals surface area contributed by atoms with E-state index in [9.17, 15) is 0 Å². The van der Waals surface area contributed by atoms with E-state index >= 15 is 0 Å². The molecule has 15 heavy (non-hydrogen) atoms. The van der Waals surface area contributed by atoms with Crippen LogP contribution in [0.1, 0.15) is 37.0 Å². The fourth-order valence-corrected chi connectivity index (χ4v) is 2.38. The van der Waals surface area contributed by atoms with Gasteiger partial charge in [-0.15, -0.1) is 0 Å². The summed E-state index contributed by atoms with van der Waals surface area (Å²) in [6, 6.07) is 4.37. The molecule has 0 atom stereocenters. The van der Waals surface area contributed by atoms with Crippen LogP contribution in [0.5, 0.6) is 0 Å². The summed E-state index contributed by atoms with van der Waals surface area (Å²) in [4.78, 5) is 0. The van der Waals surface area contributed by atoms with Crippen LogP contribution >= 0.6 is 15.9 Å². The van der Waals surface area contributed by atoms with E-state index < -0.39 is 0 Å². The molecule has 0 aromatic heterocycles. The molecule has 0 bridgehead atoms. The van der Waals surface area contributed by atoms with Crippen LogP contribution in [0.15, 0.2) is 16.6 Å². The summed E-state index contributed by atoms with van der Waals surface area (Å²) in [6.45, 7) is 8.82. The molecule has 0 radical (unpaired) electrons. The van der Waals surface area contributed by atoms with Gasteiger partial charge in [-0.2, -0.15) is 0 Å². The average molecular weight is 271 g/mol. The third-order valence-electron chi connectivity index (χ3n) is 2.97. The van der Waals surface area contributed by atoms with E-state index in [2.05, 4.69) is 55.8 Å². The molecule has 0 amide bonds. The molecule has 0 saturated carbocycles. The van der Waals surface area contributed by atoms with Gasteiger partial charge < -0.3 is 5.11 Å². The predicted octanol–water partition coefficient (Wildman–Crippen LogP) is 3.73. The Balaban J connectivity index is 3.19. The number of aliphatic hydroxyl groups is 1. The Bertz CT molecular complexity index is 356. The van der Waals surface area contributed by atoms with Crippen molar-refractivity contribution < 1.29 is 5.11 Å². The Morgan fingerprint density at radius 1 is 1.20 bits per heavy atom. The highest BCUT2D eigenvalue weighted by Gasteiger charge is 2.22. The number of halogens is 1. The molecule has 84 valence electrons. The lowest BCUT2D eigenvalue weighted by atomic mass is 9.79. The minimum atomic E-state index is 0.0459. The fourth-order valence-electron chi connectivity index (χ4n) is 1.92. The Hall–Kier alpha value is -0.340. The van der Waals surface area contributed by atoms with Crippen LogP contribution in [0.3, 0.4) is 0 Å². The zero-order chi connectivity index (χ0) is 11.6. The van der Waals surface area contributed by atoms with Crippen molar-refractivity contribution in [2.75, 3.05) is 6.61 Å². The Kier molecular flexibility index (Phi) is 3.96. The maximum absolute atomic E-state index is 9.07. The summed E-state index contributed by atoms with van der Waals surface area (Å²) in [6.07, 6.45) is 0.801. The third-order valence-corrected chi connectivity index (χ3v) is 3.83. The zero-order valence-corrected chi connectivity index (χ0v) is 11.5. The van der Waals surface area contributed by atoms with Crippen molar-refractivity contribution in [1.29, 1.82) is 0 Å². The summed E-state index contributed by atoms with van der Waals surface area (Å²) in [5, 5.41) is 9.07. The smallest absolute Gasteiger partial charge is 0.0439 e. The highest BCUT2D eigenvalue weighted by molar-refractivity contribution is 9.10. The molecule has 0 aliphatic heterocycles. The summed E-state index contributed by atoms with van der Waals surface area (Å²) in [5.41, 5.74) is 3.91. The monoisotopic (exact) mass is 270 g/mol. The first kappa shape index (κ1) is 12.7. The molecule has 0 aliphatic carbocycles. The van der Waals surface area contributed by atoms with Crippen LogP contribution < -0.4 is 0 Å². The zero-order valence-electron chi connectivity index (χ0n) is 9.89. The predicted molar refractivity (Wildman–Crippen MR) is 68.3 cm³/mol. The van der Waals surface area contributed by atoms with E-state index in [1.165, 1.54) is 16.7 Å². The fraction of sp³-hybridized carbons (Fsp3) is 0.538. The topological polar surface area (TPSA) is 20.2 Å². The molecule has 1 aromatic rings. The number of hydrogen-bond donors (Lipinski definition) is 1. The Labute approximate surface area is 101 Å². The summed E-state index contributed by atoms with van der Waals surface area (Å²) in [7, 11) is 0. The van der Waals surface area contributed by atoms with Crippen LogP contribution in [0.4, 0.5) is 0 Å². The lowest BCUT2D eigenvalue weighted by Gasteiger charge is -2.27. The van der Waals surface area contributed by atoms with E-state index in [0.717, 1.165) is 10.9 Å². The molecular weight excluding hydrogens is 252 g/mol. The minimum Gasteiger partial charge on any atom is -0.396 e. The van der Waals surface area contributed by atoms with Crippen molar-refractivity contribution in [3.05, 3.63) is 33.3 Å². The lowest BCUT2D eigenvalue weighted by molar-refractivity contribution is 0.252. The van der Waals surface area contributed by atoms with Crippen LogP contribution in [0, 0.1) is 13.8 Å². The van der Waals surface area contributed by atoms with Crippen molar-refractivity contribution in [3.8, 4) is 0 Å². The molecule has 2 heteroatoms. The Morgan fingerprint density at radius 2 is 1.80 bits per heavy atom. The van der Waals surface area contributed by atoms with E-state index in [1.807, 2.05) is 0 Å². The first-order valence-corrected chi connectivity index (χ1v) is 6.06. The van der Waals surface area contributed by atoms with Crippen LogP contribution in [-0.4, -0.2) is 11.7 Å². The van der Waals surface area contributed by atoms with Gasteiger partial charge >= 0.3 is 0 Å². The molecule has 1 aromatic carbocycles. The molecule has 0 fully saturated rings. The average Bonchev–Trinajstić information content (AvgIpc) is 2.11. The van der Waals surface area contributed by atoms with E-state index in [1.54, 1.807) is 0 Å². The number of rotatable bonds is 3. The SMILES string of the molecule is Cc1cc(C(C)(C)CCO)c(C)cc1Br. The summed E-state index contributed by atoms with van der Waals surface area (Å²) in [5.74, 6) is 0. The van der Waals surface area contributed by atoms with Crippen molar-refractivity contribution in [2.45, 2.75) is 39.5 Å². The molecule has 0 aliphatic rings. The van der Waals surface area contributed by atoms with Crippen LogP contribution in [0.2, 0.25) is 0 Å². The van der Waals surface area contributed by atoms with Gasteiger partial charge in [0.1, 0.15) is 0 Å². The first-order chi connectivity index (χ1) is 6.88. The summed E-state index contributed by atoms with van der Waals surface area (Å²) >= 11 is 3.54. The standard InChI is InChI=1S/C13H19BrO/c1-9-8-12(14)10(2)7-11(9)13(3,4)5-6-15/h7-8,15H,5-6H2,1-4H3. The van der Waals surface area contributed by atoms with Gasteiger partial charge in [0.15, 0.2) is 0 Å². The number of benzene rings is 1.